The fourth-order valence-electron chi connectivity index (χ4n) is 4.11. The maximum atomic E-state index is 12.7. The zero-order valence-electron chi connectivity index (χ0n) is 17.6. The number of carbonyl (C=O) groups excluding carboxylic acids is 2. The summed E-state index contributed by atoms with van der Waals surface area (Å²) in [4.78, 5) is 30.9. The van der Waals surface area contributed by atoms with Crippen molar-refractivity contribution < 1.29 is 14.3 Å². The Balaban J connectivity index is 1.40. The van der Waals surface area contributed by atoms with Crippen LogP contribution in [0.1, 0.15) is 54.7 Å². The first kappa shape index (κ1) is 20.3. The van der Waals surface area contributed by atoms with Crippen molar-refractivity contribution in [1.29, 1.82) is 0 Å². The van der Waals surface area contributed by atoms with Crippen LogP contribution < -0.4 is 15.5 Å². The van der Waals surface area contributed by atoms with Crippen LogP contribution in [-0.2, 0) is 16.0 Å². The minimum atomic E-state index is -0.156. The normalized spacial score (nSPS) is 22.1. The van der Waals surface area contributed by atoms with E-state index < -0.39 is 0 Å². The summed E-state index contributed by atoms with van der Waals surface area (Å²) in [6, 6.07) is 9.47. The lowest BCUT2D eigenvalue weighted by Crippen LogP contribution is -2.45. The highest BCUT2D eigenvalue weighted by atomic mass is 16.5. The Morgan fingerprint density at radius 1 is 1.20 bits per heavy atom. The molecule has 2 amide bonds. The molecule has 0 aliphatic carbocycles. The molecule has 0 radical (unpaired) electrons. The molecule has 7 heteroatoms. The van der Waals surface area contributed by atoms with Crippen molar-refractivity contribution in [3.05, 3.63) is 53.2 Å². The summed E-state index contributed by atoms with van der Waals surface area (Å²) in [7, 11) is 0. The zero-order chi connectivity index (χ0) is 21.3. The number of hydrogen-bond acceptors (Lipinski definition) is 5. The van der Waals surface area contributed by atoms with Gasteiger partial charge in [-0.25, -0.2) is 4.98 Å². The quantitative estimate of drug-likeness (QED) is 0.812. The van der Waals surface area contributed by atoms with Crippen LogP contribution in [0.4, 0.5) is 11.5 Å². The van der Waals surface area contributed by atoms with Gasteiger partial charge in [-0.1, -0.05) is 12.1 Å². The summed E-state index contributed by atoms with van der Waals surface area (Å²) in [5.74, 6) is 0.753. The van der Waals surface area contributed by atoms with Gasteiger partial charge in [-0.15, -0.1) is 0 Å². The third-order valence-electron chi connectivity index (χ3n) is 5.63. The molecule has 0 saturated carbocycles. The predicted molar refractivity (Wildman–Crippen MR) is 116 cm³/mol. The minimum Gasteiger partial charge on any atom is -0.372 e. The number of aryl methyl sites for hydroxylation is 1. The highest BCUT2D eigenvalue weighted by Crippen LogP contribution is 2.26. The van der Waals surface area contributed by atoms with Crippen molar-refractivity contribution in [3.8, 4) is 0 Å². The largest absolute Gasteiger partial charge is 0.372 e. The van der Waals surface area contributed by atoms with Crippen molar-refractivity contribution in [3.63, 3.8) is 0 Å². The number of hydrogen-bond donors (Lipinski definition) is 2. The number of carbonyl (C=O) groups is 2. The number of pyridine rings is 1. The van der Waals surface area contributed by atoms with Gasteiger partial charge in [0.15, 0.2) is 0 Å². The molecule has 2 aromatic rings. The molecule has 0 spiro atoms. The molecule has 7 nitrogen and oxygen atoms in total. The topological polar surface area (TPSA) is 83.6 Å². The van der Waals surface area contributed by atoms with E-state index in [9.17, 15) is 9.59 Å². The summed E-state index contributed by atoms with van der Waals surface area (Å²) in [6.07, 6.45) is 3.16. The van der Waals surface area contributed by atoms with Gasteiger partial charge >= 0.3 is 0 Å². The van der Waals surface area contributed by atoms with Gasteiger partial charge in [-0.05, 0) is 56.5 Å². The highest BCUT2D eigenvalue weighted by Gasteiger charge is 2.23. The number of fused-ring (bicyclic) bond motifs is 1. The highest BCUT2D eigenvalue weighted by molar-refractivity contribution is 5.95. The third kappa shape index (κ3) is 4.46. The number of benzene rings is 1. The molecule has 3 heterocycles. The maximum Gasteiger partial charge on any atom is 0.253 e. The Hall–Kier alpha value is -2.93. The number of ether oxygens (including phenoxy) is 1. The van der Waals surface area contributed by atoms with E-state index in [1.165, 1.54) is 0 Å². The predicted octanol–water partition coefficient (Wildman–Crippen LogP) is 3.07. The smallest absolute Gasteiger partial charge is 0.253 e. The number of aromatic nitrogens is 1. The summed E-state index contributed by atoms with van der Waals surface area (Å²) >= 11 is 0. The van der Waals surface area contributed by atoms with Crippen LogP contribution in [0.25, 0.3) is 0 Å². The van der Waals surface area contributed by atoms with Gasteiger partial charge in [0.2, 0.25) is 5.91 Å². The molecule has 0 unspecified atom stereocenters. The van der Waals surface area contributed by atoms with Crippen LogP contribution >= 0.6 is 0 Å². The van der Waals surface area contributed by atoms with E-state index in [0.29, 0.717) is 12.0 Å². The van der Waals surface area contributed by atoms with Crippen molar-refractivity contribution in [2.24, 2.45) is 0 Å². The molecule has 2 N–H and O–H groups in total. The molecule has 1 fully saturated rings. The zero-order valence-corrected chi connectivity index (χ0v) is 17.6. The van der Waals surface area contributed by atoms with Crippen LogP contribution in [0.15, 0.2) is 36.5 Å². The first-order chi connectivity index (χ1) is 14.4. The number of rotatable bonds is 4. The minimum absolute atomic E-state index is 0.0496. The van der Waals surface area contributed by atoms with Crippen molar-refractivity contribution in [1.82, 2.24) is 10.3 Å². The molecule has 2 aliphatic heterocycles. The van der Waals surface area contributed by atoms with Gasteiger partial charge in [-0.2, -0.15) is 0 Å². The van der Waals surface area contributed by atoms with Gasteiger partial charge in [0.1, 0.15) is 5.82 Å². The van der Waals surface area contributed by atoms with Crippen LogP contribution in [0.2, 0.25) is 0 Å². The Bertz CT molecular complexity index is 934. The van der Waals surface area contributed by atoms with E-state index in [4.69, 9.17) is 4.74 Å². The first-order valence-corrected chi connectivity index (χ1v) is 10.5. The number of anilines is 2. The molecule has 4 rings (SSSR count). The Morgan fingerprint density at radius 3 is 2.67 bits per heavy atom. The van der Waals surface area contributed by atoms with E-state index in [1.54, 1.807) is 6.20 Å². The number of amides is 2. The monoisotopic (exact) mass is 408 g/mol. The molecule has 158 valence electrons. The van der Waals surface area contributed by atoms with Gasteiger partial charge in [0, 0.05) is 31.4 Å². The lowest BCUT2D eigenvalue weighted by atomic mass is 9.97. The average Bonchev–Trinajstić information content (AvgIpc) is 2.72. The standard InChI is InChI=1S/C23H28N4O3/c1-14-12-27(13-15(2)30-14)21-8-5-19(11-24-21)23(29)25-16(3)17-4-7-20-18(10-17)6-9-22(28)26-20/h4-5,7-8,10-11,14-16H,6,9,12-13H2,1-3H3,(H,25,29)(H,26,28)/t14-,15+,16-/m0/s1. The summed E-state index contributed by atoms with van der Waals surface area (Å²) < 4.78 is 5.77. The van der Waals surface area contributed by atoms with Gasteiger partial charge < -0.3 is 20.3 Å². The molecular formula is C23H28N4O3. The summed E-state index contributed by atoms with van der Waals surface area (Å²) in [5.41, 5.74) is 3.51. The molecule has 1 aromatic carbocycles. The van der Waals surface area contributed by atoms with Crippen LogP contribution in [-0.4, -0.2) is 42.1 Å². The van der Waals surface area contributed by atoms with Crippen molar-refractivity contribution >= 4 is 23.3 Å². The molecule has 30 heavy (non-hydrogen) atoms. The van der Waals surface area contributed by atoms with Gasteiger partial charge in [-0.3, -0.25) is 9.59 Å². The molecule has 3 atom stereocenters. The average molecular weight is 409 g/mol. The Morgan fingerprint density at radius 2 is 1.97 bits per heavy atom. The number of nitrogens with zero attached hydrogens (tertiary/aromatic N) is 2. The summed E-state index contributed by atoms with van der Waals surface area (Å²) in [5, 5.41) is 5.93. The Kier molecular flexibility index (Phi) is 5.72. The third-order valence-corrected chi connectivity index (χ3v) is 5.63. The maximum absolute atomic E-state index is 12.7. The Labute approximate surface area is 176 Å². The van der Waals surface area contributed by atoms with Gasteiger partial charge in [0.25, 0.3) is 5.91 Å². The second-order valence-corrected chi connectivity index (χ2v) is 8.23. The van der Waals surface area contributed by atoms with E-state index in [-0.39, 0.29) is 30.1 Å². The fourth-order valence-corrected chi connectivity index (χ4v) is 4.11. The van der Waals surface area contributed by atoms with Crippen molar-refractivity contribution in [2.75, 3.05) is 23.3 Å². The molecule has 2 aliphatic rings. The number of morpholine rings is 1. The summed E-state index contributed by atoms with van der Waals surface area (Å²) in [6.45, 7) is 7.65. The van der Waals surface area contributed by atoms with Crippen LogP contribution in [0.3, 0.4) is 0 Å². The van der Waals surface area contributed by atoms with Crippen LogP contribution in [0.5, 0.6) is 0 Å². The van der Waals surface area contributed by atoms with Gasteiger partial charge in [0.05, 0.1) is 23.8 Å². The van der Waals surface area contributed by atoms with E-state index >= 15 is 0 Å². The molecule has 1 saturated heterocycles. The van der Waals surface area contributed by atoms with E-state index in [1.807, 2.05) is 31.2 Å². The first-order valence-electron chi connectivity index (χ1n) is 10.5. The molecular weight excluding hydrogens is 380 g/mol. The second kappa shape index (κ2) is 8.44. The van der Waals surface area contributed by atoms with Crippen LogP contribution in [0, 0.1) is 0 Å². The van der Waals surface area contributed by atoms with E-state index in [2.05, 4.69) is 40.4 Å². The second-order valence-electron chi connectivity index (χ2n) is 8.23. The fraction of sp³-hybridized carbons (Fsp3) is 0.435. The van der Waals surface area contributed by atoms with E-state index in [0.717, 1.165) is 42.1 Å². The van der Waals surface area contributed by atoms with Crippen molar-refractivity contribution in [2.45, 2.75) is 51.9 Å². The lowest BCUT2D eigenvalue weighted by molar-refractivity contribution is -0.116. The lowest BCUT2D eigenvalue weighted by Gasteiger charge is -2.36. The SMILES string of the molecule is C[C@@H]1CN(c2ccc(C(=O)N[C@@H](C)c3ccc4c(c3)CCC(=O)N4)cn2)C[C@H](C)O1. The molecule has 1 aromatic heterocycles. The molecule has 0 bridgehead atoms. The number of nitrogens with one attached hydrogen (secondary N) is 2.